The molecule has 0 unspecified atom stereocenters. The van der Waals surface area contributed by atoms with E-state index in [4.69, 9.17) is 16.2 Å². The first-order valence-electron chi connectivity index (χ1n) is 11.3. The number of rotatable bonds is 9. The van der Waals surface area contributed by atoms with Crippen LogP contribution in [0.2, 0.25) is 0 Å². The maximum absolute atomic E-state index is 14.0. The summed E-state index contributed by atoms with van der Waals surface area (Å²) in [5.74, 6) is -0.351. The van der Waals surface area contributed by atoms with Crippen LogP contribution in [0.1, 0.15) is 11.1 Å². The number of hydrogen-bond donors (Lipinski definition) is 2. The Hall–Kier alpha value is -3.97. The zero-order chi connectivity index (χ0) is 24.9. The summed E-state index contributed by atoms with van der Waals surface area (Å²) in [6.07, 6.45) is 4.73. The van der Waals surface area contributed by atoms with Gasteiger partial charge in [-0.3, -0.25) is 9.69 Å². The Morgan fingerprint density at radius 1 is 1.06 bits per heavy atom. The molecule has 1 aliphatic heterocycles. The van der Waals surface area contributed by atoms with Crippen LogP contribution in [0.5, 0.6) is 5.75 Å². The molecular weight excluding hydrogens is 448 g/mol. The third-order valence-corrected chi connectivity index (χ3v) is 6.08. The molecule has 5 nitrogen and oxygen atoms in total. The van der Waals surface area contributed by atoms with Gasteiger partial charge in [-0.15, -0.1) is 0 Å². The molecule has 1 amide bonds. The van der Waals surface area contributed by atoms with Crippen molar-refractivity contribution in [3.8, 4) is 5.75 Å². The van der Waals surface area contributed by atoms with Crippen molar-refractivity contribution < 1.29 is 18.3 Å². The zero-order valence-electron chi connectivity index (χ0n) is 19.2. The highest BCUT2D eigenvalue weighted by atomic mass is 19.1. The number of likely N-dealkylation sites (tertiary alicyclic amines) is 1. The molecule has 4 rings (SSSR count). The van der Waals surface area contributed by atoms with Crippen molar-refractivity contribution >= 4 is 16.7 Å². The minimum absolute atomic E-state index is 0.157. The Balaban J connectivity index is 1.41. The number of carbonyl (C=O) groups is 1. The fraction of sp³-hybridized carbons (Fsp3) is 0.179. The topological polar surface area (TPSA) is 81.6 Å². The lowest BCUT2D eigenvalue weighted by atomic mass is 9.91. The Morgan fingerprint density at radius 2 is 1.80 bits per heavy atom. The van der Waals surface area contributed by atoms with Gasteiger partial charge in [-0.1, -0.05) is 43.0 Å². The smallest absolute Gasteiger partial charge is 0.250 e. The van der Waals surface area contributed by atoms with Gasteiger partial charge in [0.25, 0.3) is 0 Å². The molecular formula is C28H27F2N3O2. The minimum Gasteiger partial charge on any atom is -0.457 e. The molecule has 1 saturated heterocycles. The van der Waals surface area contributed by atoms with E-state index in [9.17, 15) is 13.6 Å². The predicted octanol–water partition coefficient (Wildman–Crippen LogP) is 4.57. The molecule has 3 aromatic carbocycles. The third kappa shape index (κ3) is 5.75. The van der Waals surface area contributed by atoms with Gasteiger partial charge in [-0.2, -0.15) is 0 Å². The fourth-order valence-corrected chi connectivity index (χ4v) is 4.33. The van der Waals surface area contributed by atoms with E-state index in [1.807, 2.05) is 30.3 Å². The van der Waals surface area contributed by atoms with E-state index in [2.05, 4.69) is 17.5 Å². The van der Waals surface area contributed by atoms with Crippen LogP contribution < -0.4 is 16.2 Å². The molecule has 1 heterocycles. The summed E-state index contributed by atoms with van der Waals surface area (Å²) in [4.78, 5) is 13.6. The second kappa shape index (κ2) is 10.5. The first-order valence-corrected chi connectivity index (χ1v) is 11.3. The largest absolute Gasteiger partial charge is 0.457 e. The minimum atomic E-state index is -0.637. The van der Waals surface area contributed by atoms with Gasteiger partial charge in [0.1, 0.15) is 23.1 Å². The highest BCUT2D eigenvalue weighted by Crippen LogP contribution is 2.31. The maximum Gasteiger partial charge on any atom is 0.250 e. The van der Waals surface area contributed by atoms with Crippen molar-refractivity contribution in [1.29, 1.82) is 0 Å². The number of fused-ring (bicyclic) bond motifs is 1. The highest BCUT2D eigenvalue weighted by molar-refractivity contribution is 5.94. The average Bonchev–Trinajstić information content (AvgIpc) is 2.79. The SMILES string of the molecule is C=C(/C=C\C(=C/N)C(N)=O)Oc1cccc2c(CN3CC(Cc4ccc(F)cc4F)C3)cccc12. The number of ether oxygens (including phenoxy) is 1. The lowest BCUT2D eigenvalue weighted by molar-refractivity contribution is -0.114. The summed E-state index contributed by atoms with van der Waals surface area (Å²) < 4.78 is 33.0. The van der Waals surface area contributed by atoms with Gasteiger partial charge in [0.05, 0.1) is 5.57 Å². The lowest BCUT2D eigenvalue weighted by Crippen LogP contribution is -2.46. The van der Waals surface area contributed by atoms with Crippen LogP contribution in [0.3, 0.4) is 0 Å². The number of nitrogens with two attached hydrogens (primary N) is 2. The molecule has 0 radical (unpaired) electrons. The highest BCUT2D eigenvalue weighted by Gasteiger charge is 2.28. The third-order valence-electron chi connectivity index (χ3n) is 6.08. The van der Waals surface area contributed by atoms with Crippen LogP contribution in [-0.2, 0) is 17.8 Å². The van der Waals surface area contributed by atoms with Gasteiger partial charge in [0.2, 0.25) is 5.91 Å². The second-order valence-electron chi connectivity index (χ2n) is 8.66. The molecule has 35 heavy (non-hydrogen) atoms. The summed E-state index contributed by atoms with van der Waals surface area (Å²) in [6.45, 7) is 6.34. The molecule has 1 aliphatic rings. The molecule has 0 saturated carbocycles. The summed E-state index contributed by atoms with van der Waals surface area (Å²) in [6, 6.07) is 15.6. The lowest BCUT2D eigenvalue weighted by Gasteiger charge is -2.39. The van der Waals surface area contributed by atoms with Crippen LogP contribution in [0, 0.1) is 17.6 Å². The maximum atomic E-state index is 14.0. The number of primary amides is 1. The number of nitrogens with zero attached hydrogens (tertiary/aromatic N) is 1. The van der Waals surface area contributed by atoms with Gasteiger partial charge in [0.15, 0.2) is 0 Å². The monoisotopic (exact) mass is 475 g/mol. The number of allylic oxidation sites excluding steroid dienone is 1. The molecule has 0 aromatic heterocycles. The summed E-state index contributed by atoms with van der Waals surface area (Å²) in [5, 5.41) is 2.00. The van der Waals surface area contributed by atoms with E-state index < -0.39 is 17.5 Å². The van der Waals surface area contributed by atoms with Crippen molar-refractivity contribution in [2.75, 3.05) is 13.1 Å². The zero-order valence-corrected chi connectivity index (χ0v) is 19.2. The van der Waals surface area contributed by atoms with Gasteiger partial charge in [0, 0.05) is 37.3 Å². The van der Waals surface area contributed by atoms with Crippen LogP contribution in [0.15, 0.2) is 90.9 Å². The molecule has 4 N–H and O–H groups in total. The molecule has 1 fully saturated rings. The van der Waals surface area contributed by atoms with E-state index in [0.29, 0.717) is 29.4 Å². The Bertz CT molecular complexity index is 1330. The molecule has 0 bridgehead atoms. The fourth-order valence-electron chi connectivity index (χ4n) is 4.33. The molecule has 7 heteroatoms. The van der Waals surface area contributed by atoms with Crippen LogP contribution >= 0.6 is 0 Å². The quantitative estimate of drug-likeness (QED) is 0.270. The van der Waals surface area contributed by atoms with Gasteiger partial charge in [-0.05, 0) is 53.1 Å². The summed E-state index contributed by atoms with van der Waals surface area (Å²) in [7, 11) is 0. The normalized spacial score (nSPS) is 14.9. The van der Waals surface area contributed by atoms with E-state index in [1.165, 1.54) is 24.3 Å². The molecule has 0 spiro atoms. The van der Waals surface area contributed by atoms with Gasteiger partial charge in [-0.25, -0.2) is 8.78 Å². The molecule has 0 aliphatic carbocycles. The van der Waals surface area contributed by atoms with E-state index in [-0.39, 0.29) is 5.57 Å². The van der Waals surface area contributed by atoms with Crippen molar-refractivity contribution in [2.45, 2.75) is 13.0 Å². The van der Waals surface area contributed by atoms with Crippen molar-refractivity contribution in [1.82, 2.24) is 4.90 Å². The standard InChI is InChI=1S/C28H27F2N3O2/c1-18(8-9-21(14-31)28(32)34)35-27-7-3-5-24-22(4-2-6-25(24)27)17-33-15-19(16-33)12-20-10-11-23(29)13-26(20)30/h2-11,13-14,19H,1,12,15-17,31H2,(H2,32,34)/b9-8-,21-14+. The van der Waals surface area contributed by atoms with E-state index in [1.54, 1.807) is 0 Å². The first kappa shape index (κ1) is 24.2. The predicted molar refractivity (Wildman–Crippen MR) is 133 cm³/mol. The second-order valence-corrected chi connectivity index (χ2v) is 8.66. The van der Waals surface area contributed by atoms with Crippen LogP contribution in [0.4, 0.5) is 8.78 Å². The van der Waals surface area contributed by atoms with Crippen molar-refractivity contribution in [3.63, 3.8) is 0 Å². The summed E-state index contributed by atoms with van der Waals surface area (Å²) >= 11 is 0. The van der Waals surface area contributed by atoms with Crippen molar-refractivity contribution in [2.24, 2.45) is 17.4 Å². The molecule has 0 atom stereocenters. The number of carbonyl (C=O) groups excluding carboxylic acids is 1. The first-order chi connectivity index (χ1) is 16.8. The van der Waals surface area contributed by atoms with E-state index >= 15 is 0 Å². The Morgan fingerprint density at radius 3 is 2.51 bits per heavy atom. The molecule has 180 valence electrons. The number of hydrogen-bond acceptors (Lipinski definition) is 4. The van der Waals surface area contributed by atoms with Crippen LogP contribution in [0.25, 0.3) is 10.8 Å². The number of halogens is 2. The van der Waals surface area contributed by atoms with E-state index in [0.717, 1.165) is 48.2 Å². The average molecular weight is 476 g/mol. The number of benzene rings is 3. The van der Waals surface area contributed by atoms with Gasteiger partial charge >= 0.3 is 0 Å². The van der Waals surface area contributed by atoms with Crippen molar-refractivity contribution in [3.05, 3.63) is 114 Å². The summed E-state index contributed by atoms with van der Waals surface area (Å²) in [5.41, 5.74) is 12.5. The Kier molecular flexibility index (Phi) is 7.27. The van der Waals surface area contributed by atoms with Crippen LogP contribution in [-0.4, -0.2) is 23.9 Å². The molecule has 3 aromatic rings. The Labute approximate surface area is 203 Å². The number of amides is 1. The van der Waals surface area contributed by atoms with Gasteiger partial charge < -0.3 is 16.2 Å².